The predicted molar refractivity (Wildman–Crippen MR) is 112 cm³/mol. The average Bonchev–Trinajstić information content (AvgIpc) is 3.18. The first-order valence-corrected chi connectivity index (χ1v) is 10.7. The van der Waals surface area contributed by atoms with Crippen LogP contribution in [0.4, 0.5) is 0 Å². The number of hydrogen-bond acceptors (Lipinski definition) is 5. The first kappa shape index (κ1) is 17.8. The van der Waals surface area contributed by atoms with Gasteiger partial charge in [0, 0.05) is 31.2 Å². The van der Waals surface area contributed by atoms with Crippen molar-refractivity contribution < 1.29 is 14.3 Å². The summed E-state index contributed by atoms with van der Waals surface area (Å²) in [5.74, 6) is 2.41. The quantitative estimate of drug-likeness (QED) is 0.711. The Kier molecular flexibility index (Phi) is 4.16. The van der Waals surface area contributed by atoms with Gasteiger partial charge >= 0.3 is 0 Å². The molecule has 3 aliphatic rings. The van der Waals surface area contributed by atoms with Gasteiger partial charge in [-0.1, -0.05) is 12.1 Å². The number of rotatable bonds is 2. The van der Waals surface area contributed by atoms with Gasteiger partial charge in [0.25, 0.3) is 5.91 Å². The molecule has 0 aliphatic carbocycles. The lowest BCUT2D eigenvalue weighted by atomic mass is 9.94. The van der Waals surface area contributed by atoms with Crippen molar-refractivity contribution in [3.05, 3.63) is 53.9 Å². The summed E-state index contributed by atoms with van der Waals surface area (Å²) in [5.41, 5.74) is 2.86. The fourth-order valence-corrected chi connectivity index (χ4v) is 4.95. The van der Waals surface area contributed by atoms with Crippen molar-refractivity contribution in [2.45, 2.75) is 31.5 Å². The fraction of sp³-hybridized carbons (Fsp3) is 0.391. The summed E-state index contributed by atoms with van der Waals surface area (Å²) >= 11 is 0. The number of hydrogen-bond donors (Lipinski definition) is 1. The zero-order chi connectivity index (χ0) is 20.1. The Morgan fingerprint density at radius 1 is 1.03 bits per heavy atom. The van der Waals surface area contributed by atoms with E-state index in [1.54, 1.807) is 12.1 Å². The predicted octanol–water partition coefficient (Wildman–Crippen LogP) is 2.76. The highest BCUT2D eigenvalue weighted by atomic mass is 16.6. The number of carbonyl (C=O) groups is 1. The van der Waals surface area contributed by atoms with Crippen LogP contribution in [0.3, 0.4) is 0 Å². The third kappa shape index (κ3) is 2.92. The van der Waals surface area contributed by atoms with E-state index in [2.05, 4.69) is 33.0 Å². The molecule has 30 heavy (non-hydrogen) atoms. The van der Waals surface area contributed by atoms with E-state index in [4.69, 9.17) is 14.5 Å². The molecule has 1 amide bonds. The highest BCUT2D eigenvalue weighted by Crippen LogP contribution is 2.36. The molecule has 0 radical (unpaired) electrons. The summed E-state index contributed by atoms with van der Waals surface area (Å²) in [7, 11) is 0. The molecule has 3 aliphatic heterocycles. The van der Waals surface area contributed by atoms with Gasteiger partial charge < -0.3 is 19.4 Å². The van der Waals surface area contributed by atoms with E-state index < -0.39 is 0 Å². The van der Waals surface area contributed by atoms with Crippen molar-refractivity contribution in [1.29, 1.82) is 0 Å². The lowest BCUT2D eigenvalue weighted by Gasteiger charge is -2.42. The minimum absolute atomic E-state index is 0.0604. The Morgan fingerprint density at radius 3 is 2.83 bits per heavy atom. The number of ether oxygens (including phenoxy) is 2. The third-order valence-electron chi connectivity index (χ3n) is 6.45. The molecular weight excluding hydrogens is 380 g/mol. The first-order chi connectivity index (χ1) is 14.8. The maximum absolute atomic E-state index is 12.9. The average molecular weight is 404 g/mol. The number of piperidine rings is 1. The van der Waals surface area contributed by atoms with Crippen LogP contribution < -0.4 is 14.8 Å². The van der Waals surface area contributed by atoms with Crippen LogP contribution in [0.2, 0.25) is 0 Å². The van der Waals surface area contributed by atoms with Crippen molar-refractivity contribution >= 4 is 16.9 Å². The number of carbonyl (C=O) groups excluding carboxylic acids is 1. The molecular formula is C23H24N4O3. The van der Waals surface area contributed by atoms with Crippen LogP contribution >= 0.6 is 0 Å². The van der Waals surface area contributed by atoms with Gasteiger partial charge in [-0.3, -0.25) is 9.69 Å². The summed E-state index contributed by atoms with van der Waals surface area (Å²) in [5, 5.41) is 3.24. The van der Waals surface area contributed by atoms with E-state index in [1.165, 1.54) is 5.52 Å². The van der Waals surface area contributed by atoms with Gasteiger partial charge in [0.05, 0.1) is 17.1 Å². The van der Waals surface area contributed by atoms with Gasteiger partial charge in [0.2, 0.25) is 0 Å². The smallest absolute Gasteiger partial charge is 0.251 e. The van der Waals surface area contributed by atoms with Crippen molar-refractivity contribution in [2.24, 2.45) is 0 Å². The van der Waals surface area contributed by atoms with Gasteiger partial charge in [-0.05, 0) is 43.2 Å². The van der Waals surface area contributed by atoms with Crippen molar-refractivity contribution in [1.82, 2.24) is 19.8 Å². The van der Waals surface area contributed by atoms with Gasteiger partial charge in [-0.15, -0.1) is 0 Å². The third-order valence-corrected chi connectivity index (χ3v) is 6.45. The number of nitrogens with zero attached hydrogens (tertiary/aromatic N) is 3. The molecule has 154 valence electrons. The lowest BCUT2D eigenvalue weighted by molar-refractivity contribution is 0.0778. The van der Waals surface area contributed by atoms with E-state index in [1.807, 2.05) is 12.1 Å². The lowest BCUT2D eigenvalue weighted by Crippen LogP contribution is -2.49. The Hall–Kier alpha value is -3.06. The topological polar surface area (TPSA) is 68.6 Å². The molecule has 7 heteroatoms. The van der Waals surface area contributed by atoms with Crippen LogP contribution in [0.1, 0.15) is 35.1 Å². The zero-order valence-electron chi connectivity index (χ0n) is 16.7. The molecule has 1 N–H and O–H groups in total. The number of amides is 1. The summed E-state index contributed by atoms with van der Waals surface area (Å²) < 4.78 is 13.5. The standard InChI is InChI=1S/C23H24N4O3/c28-23(15-5-6-20-21(13-15)30-12-11-29-20)24-16-7-8-26-9-10-27-18-4-2-1-3-17(18)25-22(27)19(26)14-16/h1-6,13,16,19H,7-12,14H2,(H,24,28)/t16-,19-/m1/s1. The Balaban J connectivity index is 1.21. The number of imidazole rings is 1. The zero-order valence-corrected chi connectivity index (χ0v) is 16.7. The summed E-state index contributed by atoms with van der Waals surface area (Å²) in [4.78, 5) is 20.3. The molecule has 1 fully saturated rings. The maximum atomic E-state index is 12.9. The highest BCUT2D eigenvalue weighted by molar-refractivity contribution is 5.95. The fourth-order valence-electron chi connectivity index (χ4n) is 4.95. The molecule has 0 unspecified atom stereocenters. The van der Waals surface area contributed by atoms with Crippen molar-refractivity contribution in [3.63, 3.8) is 0 Å². The first-order valence-electron chi connectivity index (χ1n) is 10.7. The van der Waals surface area contributed by atoms with Crippen molar-refractivity contribution in [3.8, 4) is 11.5 Å². The van der Waals surface area contributed by atoms with Crippen LogP contribution in [-0.4, -0.2) is 52.7 Å². The van der Waals surface area contributed by atoms with Crippen LogP contribution in [0, 0.1) is 0 Å². The van der Waals surface area contributed by atoms with E-state index in [0.717, 1.165) is 43.8 Å². The normalized spacial score (nSPS) is 22.9. The molecule has 2 atom stereocenters. The molecule has 4 heterocycles. The van der Waals surface area contributed by atoms with Gasteiger partial charge in [0.15, 0.2) is 11.5 Å². The largest absolute Gasteiger partial charge is 0.486 e. The second-order valence-electron chi connectivity index (χ2n) is 8.22. The molecule has 0 spiro atoms. The highest BCUT2D eigenvalue weighted by Gasteiger charge is 2.36. The molecule has 0 saturated carbocycles. The molecule has 1 aromatic heterocycles. The minimum Gasteiger partial charge on any atom is -0.486 e. The minimum atomic E-state index is -0.0604. The van der Waals surface area contributed by atoms with Gasteiger partial charge in [-0.25, -0.2) is 4.98 Å². The van der Waals surface area contributed by atoms with E-state index >= 15 is 0 Å². The number of para-hydroxylation sites is 2. The molecule has 3 aromatic rings. The molecule has 6 rings (SSSR count). The Bertz CT molecular complexity index is 1120. The van der Waals surface area contributed by atoms with Crippen LogP contribution in [0.15, 0.2) is 42.5 Å². The van der Waals surface area contributed by atoms with Gasteiger partial charge in [-0.2, -0.15) is 0 Å². The summed E-state index contributed by atoms with van der Waals surface area (Å²) in [6.45, 7) is 4.03. The maximum Gasteiger partial charge on any atom is 0.251 e. The number of nitrogens with one attached hydrogen (secondary N) is 1. The van der Waals surface area contributed by atoms with Crippen molar-refractivity contribution in [2.75, 3.05) is 26.3 Å². The van der Waals surface area contributed by atoms with E-state index in [-0.39, 0.29) is 18.0 Å². The van der Waals surface area contributed by atoms with Gasteiger partial charge in [0.1, 0.15) is 19.0 Å². The second-order valence-corrected chi connectivity index (χ2v) is 8.22. The van der Waals surface area contributed by atoms with Crippen LogP contribution in [0.25, 0.3) is 11.0 Å². The Labute approximate surface area is 174 Å². The monoisotopic (exact) mass is 404 g/mol. The SMILES string of the molecule is O=C(N[C@@H]1CCN2CCn3c(nc4ccccc43)[C@H]2C1)c1ccc2c(c1)OCCO2. The van der Waals surface area contributed by atoms with E-state index in [9.17, 15) is 4.79 Å². The number of aromatic nitrogens is 2. The summed E-state index contributed by atoms with van der Waals surface area (Å²) in [6.07, 6.45) is 1.83. The second kappa shape index (κ2) is 7.02. The molecule has 2 aromatic carbocycles. The molecule has 0 bridgehead atoms. The number of benzene rings is 2. The van der Waals surface area contributed by atoms with Crippen LogP contribution in [-0.2, 0) is 6.54 Å². The van der Waals surface area contributed by atoms with Crippen LogP contribution in [0.5, 0.6) is 11.5 Å². The molecule has 7 nitrogen and oxygen atoms in total. The van der Waals surface area contributed by atoms with E-state index in [0.29, 0.717) is 30.3 Å². The summed E-state index contributed by atoms with van der Waals surface area (Å²) in [6, 6.07) is 14.1. The molecule has 1 saturated heterocycles. The number of fused-ring (bicyclic) bond motifs is 6. The Morgan fingerprint density at radius 2 is 1.90 bits per heavy atom.